The van der Waals surface area contributed by atoms with Gasteiger partial charge < -0.3 is 10.6 Å². The molecule has 0 radical (unpaired) electrons. The molecule has 1 aliphatic rings. The van der Waals surface area contributed by atoms with E-state index >= 15 is 0 Å². The number of fused-ring (bicyclic) bond motifs is 1. The Labute approximate surface area is 98.2 Å². The molecule has 1 aromatic carbocycles. The molecule has 5 heteroatoms. The zero-order valence-electron chi connectivity index (χ0n) is 9.59. The molecule has 17 heavy (non-hydrogen) atoms. The van der Waals surface area contributed by atoms with E-state index < -0.39 is 11.7 Å². The third-order valence-corrected chi connectivity index (χ3v) is 3.32. The fraction of sp³-hybridized carbons (Fsp3) is 0.500. The van der Waals surface area contributed by atoms with Gasteiger partial charge in [-0.15, -0.1) is 0 Å². The summed E-state index contributed by atoms with van der Waals surface area (Å²) in [4.78, 5) is 1.90. The zero-order valence-corrected chi connectivity index (χ0v) is 9.59. The lowest BCUT2D eigenvalue weighted by Crippen LogP contribution is -2.29. The standard InChI is InChI=1S/C12H15F3N2/c1-17-8(5-6-16)7-9-10(12(13,14)15)3-2-4-11(9)17/h2-4,8H,5-7,16H2,1H3. The summed E-state index contributed by atoms with van der Waals surface area (Å²) in [5.74, 6) is 0. The Morgan fingerprint density at radius 3 is 2.71 bits per heavy atom. The lowest BCUT2D eigenvalue weighted by molar-refractivity contribution is -0.138. The van der Waals surface area contributed by atoms with E-state index in [0.29, 0.717) is 30.6 Å². The van der Waals surface area contributed by atoms with Crippen molar-refractivity contribution in [2.75, 3.05) is 18.5 Å². The van der Waals surface area contributed by atoms with Crippen LogP contribution in [0.25, 0.3) is 0 Å². The number of nitrogens with two attached hydrogens (primary N) is 1. The van der Waals surface area contributed by atoms with Crippen LogP contribution < -0.4 is 10.6 Å². The minimum Gasteiger partial charge on any atom is -0.371 e. The smallest absolute Gasteiger partial charge is 0.371 e. The second-order valence-corrected chi connectivity index (χ2v) is 4.35. The summed E-state index contributed by atoms with van der Waals surface area (Å²) >= 11 is 0. The first-order valence-electron chi connectivity index (χ1n) is 5.57. The van der Waals surface area contributed by atoms with Crippen LogP contribution >= 0.6 is 0 Å². The van der Waals surface area contributed by atoms with Crippen LogP contribution in [-0.2, 0) is 12.6 Å². The van der Waals surface area contributed by atoms with Gasteiger partial charge in [-0.05, 0) is 37.1 Å². The molecule has 0 aliphatic carbocycles. The van der Waals surface area contributed by atoms with Crippen molar-refractivity contribution in [1.29, 1.82) is 0 Å². The number of halogens is 3. The molecule has 0 bridgehead atoms. The highest BCUT2D eigenvalue weighted by Gasteiger charge is 2.38. The van der Waals surface area contributed by atoms with Crippen LogP contribution in [0.5, 0.6) is 0 Å². The average molecular weight is 244 g/mol. The quantitative estimate of drug-likeness (QED) is 0.865. The number of alkyl halides is 3. The van der Waals surface area contributed by atoms with Crippen LogP contribution in [0.15, 0.2) is 18.2 Å². The van der Waals surface area contributed by atoms with Crippen molar-refractivity contribution >= 4 is 5.69 Å². The maximum Gasteiger partial charge on any atom is 0.416 e. The maximum atomic E-state index is 12.8. The van der Waals surface area contributed by atoms with Crippen molar-refractivity contribution in [1.82, 2.24) is 0 Å². The summed E-state index contributed by atoms with van der Waals surface area (Å²) < 4.78 is 38.5. The topological polar surface area (TPSA) is 29.3 Å². The van der Waals surface area contributed by atoms with Gasteiger partial charge in [0.1, 0.15) is 0 Å². The van der Waals surface area contributed by atoms with Crippen molar-refractivity contribution in [3.63, 3.8) is 0 Å². The van der Waals surface area contributed by atoms with Crippen LogP contribution in [0.1, 0.15) is 17.5 Å². The van der Waals surface area contributed by atoms with E-state index in [1.807, 2.05) is 11.9 Å². The first-order chi connectivity index (χ1) is 7.95. The number of hydrogen-bond donors (Lipinski definition) is 1. The van der Waals surface area contributed by atoms with Crippen molar-refractivity contribution < 1.29 is 13.2 Å². The van der Waals surface area contributed by atoms with Crippen LogP contribution in [-0.4, -0.2) is 19.6 Å². The van der Waals surface area contributed by atoms with Gasteiger partial charge in [0.25, 0.3) is 0 Å². The van der Waals surface area contributed by atoms with Gasteiger partial charge in [-0.1, -0.05) is 6.07 Å². The Bertz CT molecular complexity index is 415. The summed E-state index contributed by atoms with van der Waals surface area (Å²) in [5, 5.41) is 0. The zero-order chi connectivity index (χ0) is 12.6. The molecule has 0 saturated heterocycles. The summed E-state index contributed by atoms with van der Waals surface area (Å²) in [5.41, 5.74) is 6.05. The van der Waals surface area contributed by atoms with Gasteiger partial charge in [-0.3, -0.25) is 0 Å². The molecule has 2 nitrogen and oxygen atoms in total. The number of nitrogens with zero attached hydrogens (tertiary/aromatic N) is 1. The molecular formula is C12H15F3N2. The van der Waals surface area contributed by atoms with Gasteiger partial charge in [0.2, 0.25) is 0 Å². The molecule has 0 saturated carbocycles. The van der Waals surface area contributed by atoms with Crippen LogP contribution in [0.4, 0.5) is 18.9 Å². The Kier molecular flexibility index (Phi) is 3.03. The molecule has 0 spiro atoms. The van der Waals surface area contributed by atoms with Gasteiger partial charge in [0, 0.05) is 18.8 Å². The third kappa shape index (κ3) is 2.11. The molecule has 1 heterocycles. The Balaban J connectivity index is 2.40. The van der Waals surface area contributed by atoms with Gasteiger partial charge in [0.15, 0.2) is 0 Å². The molecule has 2 N–H and O–H groups in total. The highest BCUT2D eigenvalue weighted by molar-refractivity contribution is 5.62. The highest BCUT2D eigenvalue weighted by Crippen LogP contribution is 2.41. The first-order valence-corrected chi connectivity index (χ1v) is 5.57. The van der Waals surface area contributed by atoms with E-state index in [1.54, 1.807) is 6.07 Å². The van der Waals surface area contributed by atoms with Gasteiger partial charge in [-0.2, -0.15) is 13.2 Å². The minimum absolute atomic E-state index is 0.0819. The second-order valence-electron chi connectivity index (χ2n) is 4.35. The second kappa shape index (κ2) is 4.22. The molecule has 0 amide bonds. The van der Waals surface area contributed by atoms with Crippen molar-refractivity contribution in [2.24, 2.45) is 5.73 Å². The van der Waals surface area contributed by atoms with Crippen molar-refractivity contribution in [3.8, 4) is 0 Å². The maximum absolute atomic E-state index is 12.8. The lowest BCUT2D eigenvalue weighted by atomic mass is 10.0. The molecule has 1 aliphatic heterocycles. The van der Waals surface area contributed by atoms with E-state index in [2.05, 4.69) is 0 Å². The van der Waals surface area contributed by atoms with Gasteiger partial charge >= 0.3 is 6.18 Å². The predicted molar refractivity (Wildman–Crippen MR) is 61.0 cm³/mol. The van der Waals surface area contributed by atoms with E-state index in [1.165, 1.54) is 6.07 Å². The SMILES string of the molecule is CN1c2cccc(C(F)(F)F)c2CC1CCN. The molecule has 0 aromatic heterocycles. The van der Waals surface area contributed by atoms with Crippen molar-refractivity contribution in [2.45, 2.75) is 25.1 Å². The van der Waals surface area contributed by atoms with E-state index in [9.17, 15) is 13.2 Å². The Morgan fingerprint density at radius 2 is 2.12 bits per heavy atom. The number of likely N-dealkylation sites (N-methyl/N-ethyl adjacent to an activating group) is 1. The number of benzene rings is 1. The monoisotopic (exact) mass is 244 g/mol. The molecule has 1 unspecified atom stereocenters. The third-order valence-electron chi connectivity index (χ3n) is 3.32. The molecule has 94 valence electrons. The van der Waals surface area contributed by atoms with Crippen LogP contribution in [0, 0.1) is 0 Å². The summed E-state index contributed by atoms with van der Waals surface area (Å²) in [6.45, 7) is 0.490. The summed E-state index contributed by atoms with van der Waals surface area (Å²) in [7, 11) is 1.83. The summed E-state index contributed by atoms with van der Waals surface area (Å²) in [6, 6.07) is 4.43. The molecule has 2 rings (SSSR count). The number of hydrogen-bond acceptors (Lipinski definition) is 2. The van der Waals surface area contributed by atoms with E-state index in [4.69, 9.17) is 5.73 Å². The fourth-order valence-corrected chi connectivity index (χ4v) is 2.44. The summed E-state index contributed by atoms with van der Waals surface area (Å²) in [6.07, 6.45) is -3.13. The molecule has 0 fully saturated rings. The van der Waals surface area contributed by atoms with E-state index in [0.717, 1.165) is 6.07 Å². The normalized spacial score (nSPS) is 19.6. The number of rotatable bonds is 2. The van der Waals surface area contributed by atoms with Crippen molar-refractivity contribution in [3.05, 3.63) is 29.3 Å². The number of anilines is 1. The first kappa shape index (κ1) is 12.2. The lowest BCUT2D eigenvalue weighted by Gasteiger charge is -2.21. The van der Waals surface area contributed by atoms with Crippen LogP contribution in [0.2, 0.25) is 0 Å². The van der Waals surface area contributed by atoms with Gasteiger partial charge in [0.05, 0.1) is 5.56 Å². The minimum atomic E-state index is -4.27. The van der Waals surface area contributed by atoms with Gasteiger partial charge in [-0.25, -0.2) is 0 Å². The van der Waals surface area contributed by atoms with E-state index in [-0.39, 0.29) is 6.04 Å². The largest absolute Gasteiger partial charge is 0.416 e. The highest BCUT2D eigenvalue weighted by atomic mass is 19.4. The average Bonchev–Trinajstić information content (AvgIpc) is 2.55. The van der Waals surface area contributed by atoms with Crippen LogP contribution in [0.3, 0.4) is 0 Å². The Hall–Kier alpha value is -1.23. The fourth-order valence-electron chi connectivity index (χ4n) is 2.44. The molecule has 1 aromatic rings. The molecule has 1 atom stereocenters. The predicted octanol–water partition coefficient (Wildman–Crippen LogP) is 2.42. The molecular weight excluding hydrogens is 229 g/mol. The Morgan fingerprint density at radius 1 is 1.41 bits per heavy atom.